The van der Waals surface area contributed by atoms with Gasteiger partial charge in [0, 0.05) is 6.08 Å². The zero-order valence-electron chi connectivity index (χ0n) is 22.9. The third-order valence-corrected chi connectivity index (χ3v) is 14.5. The van der Waals surface area contributed by atoms with Gasteiger partial charge in [-0.3, -0.25) is 0 Å². The van der Waals surface area contributed by atoms with E-state index in [-0.39, 0.29) is 0 Å². The fourth-order valence-corrected chi connectivity index (χ4v) is 16.9. The number of esters is 1. The highest BCUT2D eigenvalue weighted by Gasteiger charge is 2.41. The lowest BCUT2D eigenvalue weighted by Gasteiger charge is -2.39. The van der Waals surface area contributed by atoms with Crippen LogP contribution in [0.2, 0.25) is 51.9 Å². The maximum absolute atomic E-state index is 12.3. The number of carbonyl (C=O) groups excluding carboxylic acids is 1. The van der Waals surface area contributed by atoms with Crippen LogP contribution in [0.3, 0.4) is 0 Å². The van der Waals surface area contributed by atoms with Gasteiger partial charge in [0.1, 0.15) is 0 Å². The molecule has 0 amide bonds. The lowest BCUT2D eigenvalue weighted by molar-refractivity contribution is -0.137. The number of methoxy groups -OCH3 is 3. The van der Waals surface area contributed by atoms with Crippen molar-refractivity contribution in [3.05, 3.63) is 23.8 Å². The molecule has 7 nitrogen and oxygen atoms in total. The SMILES string of the molecule is COc1cc(C=CC(=O)OCCC(C)C[Si](C)(O[Si](C)(C)C)O[Si](C)(C)C)cc(OC)c1OC. The summed E-state index contributed by atoms with van der Waals surface area (Å²) < 4.78 is 34.6. The minimum absolute atomic E-state index is 0.330. The third-order valence-electron chi connectivity index (χ3n) is 4.72. The van der Waals surface area contributed by atoms with Crippen molar-refractivity contribution < 1.29 is 32.0 Å². The highest BCUT2D eigenvalue weighted by molar-refractivity contribution is 6.87. The molecule has 0 aromatic heterocycles. The first-order valence-electron chi connectivity index (χ1n) is 11.7. The summed E-state index contributed by atoms with van der Waals surface area (Å²) in [7, 11) is -1.12. The van der Waals surface area contributed by atoms with Crippen molar-refractivity contribution in [2.24, 2.45) is 5.92 Å². The zero-order valence-corrected chi connectivity index (χ0v) is 25.9. The molecule has 0 heterocycles. The van der Waals surface area contributed by atoms with Crippen LogP contribution in [0.15, 0.2) is 18.2 Å². The Labute approximate surface area is 209 Å². The van der Waals surface area contributed by atoms with Crippen LogP contribution in [-0.4, -0.2) is 59.1 Å². The fraction of sp³-hybridized carbons (Fsp3) is 0.625. The Bertz CT molecular complexity index is 788. The Morgan fingerprint density at radius 3 is 1.79 bits per heavy atom. The van der Waals surface area contributed by atoms with Crippen molar-refractivity contribution in [2.75, 3.05) is 27.9 Å². The first-order chi connectivity index (χ1) is 15.6. The highest BCUT2D eigenvalue weighted by atomic mass is 28.5. The minimum atomic E-state index is -2.31. The summed E-state index contributed by atoms with van der Waals surface area (Å²) in [4.78, 5) is 12.3. The van der Waals surface area contributed by atoms with Crippen molar-refractivity contribution in [2.45, 2.75) is 65.2 Å². The topological polar surface area (TPSA) is 72.5 Å². The normalized spacial score (nSPS) is 13.6. The minimum Gasteiger partial charge on any atom is -0.493 e. The van der Waals surface area contributed by atoms with Crippen LogP contribution >= 0.6 is 0 Å². The van der Waals surface area contributed by atoms with Crippen LogP contribution in [0, 0.1) is 5.92 Å². The van der Waals surface area contributed by atoms with Gasteiger partial charge in [-0.2, -0.15) is 0 Å². The summed E-state index contributed by atoms with van der Waals surface area (Å²) in [6.45, 7) is 18.0. The number of hydrogen-bond donors (Lipinski definition) is 0. The fourth-order valence-electron chi connectivity index (χ4n) is 3.91. The van der Waals surface area contributed by atoms with Crippen molar-refractivity contribution in [3.8, 4) is 17.2 Å². The molecule has 1 rings (SSSR count). The Kier molecular flexibility index (Phi) is 11.6. The Morgan fingerprint density at radius 1 is 0.882 bits per heavy atom. The third kappa shape index (κ3) is 11.2. The summed E-state index contributed by atoms with van der Waals surface area (Å²) in [5.74, 6) is 1.49. The number of benzene rings is 1. The molecule has 194 valence electrons. The lowest BCUT2D eigenvalue weighted by atomic mass is 10.1. The van der Waals surface area contributed by atoms with Crippen molar-refractivity contribution in [1.82, 2.24) is 0 Å². The van der Waals surface area contributed by atoms with Gasteiger partial charge in [0.15, 0.2) is 28.1 Å². The van der Waals surface area contributed by atoms with Crippen LogP contribution < -0.4 is 14.2 Å². The number of ether oxygens (including phenoxy) is 4. The number of rotatable bonds is 14. The summed E-state index contributed by atoms with van der Waals surface area (Å²) in [6, 6.07) is 4.44. The Morgan fingerprint density at radius 2 is 1.38 bits per heavy atom. The molecule has 0 saturated heterocycles. The summed E-state index contributed by atoms with van der Waals surface area (Å²) in [5.41, 5.74) is 0.744. The van der Waals surface area contributed by atoms with E-state index in [0.29, 0.717) is 29.8 Å². The first kappa shape index (κ1) is 30.4. The number of hydrogen-bond acceptors (Lipinski definition) is 7. The van der Waals surface area contributed by atoms with Gasteiger partial charge >= 0.3 is 14.5 Å². The van der Waals surface area contributed by atoms with Crippen LogP contribution in [-0.2, 0) is 17.8 Å². The van der Waals surface area contributed by atoms with E-state index in [0.717, 1.165) is 18.0 Å². The van der Waals surface area contributed by atoms with Crippen LogP contribution in [0.5, 0.6) is 17.2 Å². The van der Waals surface area contributed by atoms with Crippen LogP contribution in [0.25, 0.3) is 6.08 Å². The van der Waals surface area contributed by atoms with Gasteiger partial charge in [-0.1, -0.05) is 6.92 Å². The molecule has 0 radical (unpaired) electrons. The highest BCUT2D eigenvalue weighted by Crippen LogP contribution is 2.38. The summed E-state index contributed by atoms with van der Waals surface area (Å²) >= 11 is 0. The van der Waals surface area contributed by atoms with Gasteiger partial charge in [-0.25, -0.2) is 4.79 Å². The van der Waals surface area contributed by atoms with Gasteiger partial charge in [-0.05, 0) is 88.0 Å². The van der Waals surface area contributed by atoms with Crippen molar-refractivity contribution >= 4 is 37.2 Å². The Hall–Kier alpha value is -1.60. The summed E-state index contributed by atoms with van der Waals surface area (Å²) in [6.07, 6.45) is 3.84. The van der Waals surface area contributed by atoms with E-state index in [2.05, 4.69) is 52.8 Å². The average Bonchev–Trinajstić information content (AvgIpc) is 2.67. The van der Waals surface area contributed by atoms with E-state index < -0.39 is 31.2 Å². The monoisotopic (exact) mass is 528 g/mol. The van der Waals surface area contributed by atoms with E-state index in [9.17, 15) is 4.79 Å². The van der Waals surface area contributed by atoms with Crippen molar-refractivity contribution in [1.29, 1.82) is 0 Å². The quantitative estimate of drug-likeness (QED) is 0.165. The van der Waals surface area contributed by atoms with Gasteiger partial charge in [0.05, 0.1) is 27.9 Å². The van der Waals surface area contributed by atoms with Gasteiger partial charge < -0.3 is 27.2 Å². The molecule has 1 unspecified atom stereocenters. The molecule has 0 aliphatic carbocycles. The van der Waals surface area contributed by atoms with E-state index >= 15 is 0 Å². The second-order valence-corrected chi connectivity index (χ2v) is 23.4. The molecular formula is C24H44O7Si3. The molecule has 0 N–H and O–H groups in total. The van der Waals surface area contributed by atoms with E-state index in [1.54, 1.807) is 39.5 Å². The molecule has 0 fully saturated rings. The maximum atomic E-state index is 12.3. The molecule has 1 aromatic carbocycles. The van der Waals surface area contributed by atoms with Crippen molar-refractivity contribution in [3.63, 3.8) is 0 Å². The Balaban J connectivity index is 2.70. The smallest absolute Gasteiger partial charge is 0.330 e. The van der Waals surface area contributed by atoms with Crippen LogP contribution in [0.4, 0.5) is 0 Å². The van der Waals surface area contributed by atoms with Gasteiger partial charge in [-0.15, -0.1) is 0 Å². The molecular weight excluding hydrogens is 485 g/mol. The van der Waals surface area contributed by atoms with E-state index in [1.807, 2.05) is 0 Å². The standard InChI is InChI=1S/C24H44O7Si3/c1-19(18-34(11,30-32(5,6)7)31-33(8,9)10)14-15-29-23(25)13-12-20-16-21(26-2)24(28-4)22(17-20)27-3/h12-13,16-17,19H,14-15,18H2,1-11H3. The molecule has 1 atom stereocenters. The molecule has 0 saturated carbocycles. The maximum Gasteiger partial charge on any atom is 0.330 e. The molecule has 0 aliphatic heterocycles. The second kappa shape index (κ2) is 12.9. The predicted octanol–water partition coefficient (Wildman–Crippen LogP) is 6.07. The zero-order chi connectivity index (χ0) is 26.2. The van der Waals surface area contributed by atoms with Gasteiger partial charge in [0.25, 0.3) is 0 Å². The van der Waals surface area contributed by atoms with E-state index in [1.165, 1.54) is 6.08 Å². The van der Waals surface area contributed by atoms with E-state index in [4.69, 9.17) is 27.2 Å². The molecule has 1 aromatic rings. The largest absolute Gasteiger partial charge is 0.493 e. The molecule has 0 aliphatic rings. The van der Waals surface area contributed by atoms with Gasteiger partial charge in [0.2, 0.25) is 5.75 Å². The predicted molar refractivity (Wildman–Crippen MR) is 145 cm³/mol. The number of carbonyl (C=O) groups is 1. The summed E-state index contributed by atoms with van der Waals surface area (Å²) in [5, 5.41) is 0. The second-order valence-electron chi connectivity index (χ2n) is 10.6. The lowest BCUT2D eigenvalue weighted by Crippen LogP contribution is -2.53. The molecule has 0 bridgehead atoms. The molecule has 10 heteroatoms. The molecule has 34 heavy (non-hydrogen) atoms. The molecule has 0 spiro atoms. The average molecular weight is 529 g/mol. The van der Waals surface area contributed by atoms with Crippen LogP contribution in [0.1, 0.15) is 18.9 Å². The first-order valence-corrected chi connectivity index (χ1v) is 21.0.